The summed E-state index contributed by atoms with van der Waals surface area (Å²) in [6, 6.07) is 20.5. The summed E-state index contributed by atoms with van der Waals surface area (Å²) in [6.07, 6.45) is 8.39. The molecule has 12 nitrogen and oxygen atoms in total. The van der Waals surface area contributed by atoms with Gasteiger partial charge in [-0.25, -0.2) is 19.9 Å². The number of fused-ring (bicyclic) bond motifs is 2. The number of aromatic nitrogens is 6. The number of aromatic amines is 2. The Balaban J connectivity index is 0.000000393. The Morgan fingerprint density at radius 3 is 1.83 bits per heavy atom. The summed E-state index contributed by atoms with van der Waals surface area (Å²) in [5.74, 6) is 1.11. The number of likely N-dealkylation sites (tertiary alicyclic amines) is 1. The average Bonchev–Trinajstić information content (AvgIpc) is 3.78. The summed E-state index contributed by atoms with van der Waals surface area (Å²) in [5.41, 5.74) is 12.6. The highest BCUT2D eigenvalue weighted by Crippen LogP contribution is 2.36. The van der Waals surface area contributed by atoms with Gasteiger partial charge in [-0.1, -0.05) is 38.1 Å². The van der Waals surface area contributed by atoms with E-state index in [-0.39, 0.29) is 17.5 Å². The van der Waals surface area contributed by atoms with Crippen LogP contribution in [0.5, 0.6) is 5.75 Å². The number of para-hydroxylation sites is 1. The van der Waals surface area contributed by atoms with Crippen LogP contribution in [-0.4, -0.2) is 73.9 Å². The zero-order valence-electron chi connectivity index (χ0n) is 35.4. The summed E-state index contributed by atoms with van der Waals surface area (Å²) < 4.78 is 5.51. The lowest BCUT2D eigenvalue weighted by Crippen LogP contribution is -2.29. The zero-order chi connectivity index (χ0) is 42.1. The Morgan fingerprint density at radius 2 is 1.29 bits per heavy atom. The van der Waals surface area contributed by atoms with Gasteiger partial charge in [0.15, 0.2) is 0 Å². The van der Waals surface area contributed by atoms with Gasteiger partial charge in [-0.3, -0.25) is 9.59 Å². The van der Waals surface area contributed by atoms with Gasteiger partial charge in [-0.05, 0) is 119 Å². The highest BCUT2D eigenvalue weighted by Gasteiger charge is 2.23. The maximum absolute atomic E-state index is 12.4. The molecule has 7 aromatic rings. The third-order valence-corrected chi connectivity index (χ3v) is 11.0. The van der Waals surface area contributed by atoms with Crippen molar-refractivity contribution in [2.75, 3.05) is 27.2 Å². The minimum Gasteiger partial charge on any atom is -0.496 e. The number of amides is 2. The first-order chi connectivity index (χ1) is 28.6. The van der Waals surface area contributed by atoms with Crippen LogP contribution in [0.15, 0.2) is 85.7 Å². The second-order valence-corrected chi connectivity index (χ2v) is 14.7. The Morgan fingerprint density at radius 1 is 0.763 bits per heavy atom. The maximum atomic E-state index is 12.4. The van der Waals surface area contributed by atoms with E-state index in [1.807, 2.05) is 57.2 Å². The molecule has 1 fully saturated rings. The van der Waals surface area contributed by atoms with Gasteiger partial charge < -0.3 is 30.2 Å². The van der Waals surface area contributed by atoms with E-state index in [9.17, 15) is 9.59 Å². The molecule has 314 valence electrons. The number of nitrogens with zero attached hydrogens (tertiary/aromatic N) is 5. The Kier molecular flexibility index (Phi) is 13.9. The molecule has 12 heteroatoms. The Labute approximate surface area is 352 Å². The van der Waals surface area contributed by atoms with Crippen molar-refractivity contribution in [2.45, 2.75) is 73.4 Å². The van der Waals surface area contributed by atoms with Crippen molar-refractivity contribution in [1.82, 2.24) is 45.4 Å². The van der Waals surface area contributed by atoms with Gasteiger partial charge in [0.05, 0.1) is 35.3 Å². The van der Waals surface area contributed by atoms with Gasteiger partial charge in [0.2, 0.25) is 0 Å². The van der Waals surface area contributed by atoms with Crippen molar-refractivity contribution in [2.24, 2.45) is 0 Å². The monoisotopic (exact) mass is 802 g/mol. The summed E-state index contributed by atoms with van der Waals surface area (Å²) >= 11 is 0. The minimum atomic E-state index is -0.177. The van der Waals surface area contributed by atoms with E-state index in [0.717, 1.165) is 57.7 Å². The molecule has 1 aliphatic rings. The number of carbonyl (C=O) groups is 2. The van der Waals surface area contributed by atoms with Gasteiger partial charge in [0, 0.05) is 70.2 Å². The molecule has 0 saturated carbocycles. The van der Waals surface area contributed by atoms with Gasteiger partial charge in [-0.2, -0.15) is 0 Å². The van der Waals surface area contributed by atoms with Crippen molar-refractivity contribution < 1.29 is 20.0 Å². The molecule has 5 heterocycles. The standard InChI is InChI=1S/C23H22N4O2.C22H27N5O.C2H6.4H2/c1-14-18-10-16(11-25-23(28)19-12-24-13-26-15(19)2)8-9-20(18)27-22(14)17-6-4-5-7-21(17)29-3;1-14-18-10-16(11-24-22(28)19-12-23-13-25-15(19)2)4-5-20(18)26-21(14)17-6-8-27(3)9-7-17;1-2;;;;/h4-10,12-13,27H,11H2,1-3H3,(H,25,28);4-5,10,12-13,17,26H,6-9,11H2,1-3H3,(H,24,28);1-2H3;4*1H. The molecular formula is C47H63N9O3. The molecular weight excluding hydrogens is 739 g/mol. The fourth-order valence-electron chi connectivity index (χ4n) is 7.60. The van der Waals surface area contributed by atoms with Crippen LogP contribution in [0.2, 0.25) is 0 Å². The number of nitrogens with one attached hydrogen (secondary N) is 4. The van der Waals surface area contributed by atoms with Crippen LogP contribution in [0.4, 0.5) is 0 Å². The molecule has 0 aliphatic carbocycles. The second-order valence-electron chi connectivity index (χ2n) is 14.7. The quantitative estimate of drug-likeness (QED) is 0.113. The third kappa shape index (κ3) is 9.67. The number of hydrogen-bond donors (Lipinski definition) is 4. The van der Waals surface area contributed by atoms with E-state index >= 15 is 0 Å². The first kappa shape index (κ1) is 42.2. The highest BCUT2D eigenvalue weighted by molar-refractivity contribution is 5.96. The number of H-pyrrole nitrogens is 2. The predicted molar refractivity (Wildman–Crippen MR) is 243 cm³/mol. The van der Waals surface area contributed by atoms with Crippen LogP contribution in [0.1, 0.15) is 98.4 Å². The summed E-state index contributed by atoms with van der Waals surface area (Å²) in [6.45, 7) is 15.1. The molecule has 1 aliphatic heterocycles. The van der Waals surface area contributed by atoms with Crippen molar-refractivity contribution in [3.63, 3.8) is 0 Å². The van der Waals surface area contributed by atoms with Gasteiger partial charge >= 0.3 is 0 Å². The number of rotatable bonds is 9. The number of carbonyl (C=O) groups excluding carboxylic acids is 2. The summed E-state index contributed by atoms with van der Waals surface area (Å²) in [5, 5.41) is 8.30. The largest absolute Gasteiger partial charge is 0.496 e. The van der Waals surface area contributed by atoms with Crippen LogP contribution < -0.4 is 15.4 Å². The van der Waals surface area contributed by atoms with Gasteiger partial charge in [0.25, 0.3) is 11.8 Å². The number of piperidine rings is 1. The van der Waals surface area contributed by atoms with Crippen LogP contribution in [-0.2, 0) is 13.1 Å². The van der Waals surface area contributed by atoms with E-state index in [1.165, 1.54) is 53.9 Å². The molecule has 0 atom stereocenters. The first-order valence-corrected chi connectivity index (χ1v) is 20.2. The Hall–Kier alpha value is -6.40. The van der Waals surface area contributed by atoms with E-state index in [2.05, 4.69) is 90.6 Å². The topological polar surface area (TPSA) is 154 Å². The number of aryl methyl sites for hydroxylation is 4. The van der Waals surface area contributed by atoms with E-state index < -0.39 is 0 Å². The summed E-state index contributed by atoms with van der Waals surface area (Å²) in [7, 11) is 3.87. The lowest BCUT2D eigenvalue weighted by molar-refractivity contribution is 0.0941. The number of benzene rings is 3. The normalized spacial score (nSPS) is 12.9. The van der Waals surface area contributed by atoms with Gasteiger partial charge in [-0.15, -0.1) is 0 Å². The van der Waals surface area contributed by atoms with Gasteiger partial charge in [0.1, 0.15) is 18.4 Å². The highest BCUT2D eigenvalue weighted by atomic mass is 16.5. The Bertz CT molecular complexity index is 2570. The molecule has 3 aromatic carbocycles. The molecule has 8 rings (SSSR count). The lowest BCUT2D eigenvalue weighted by atomic mass is 9.91. The maximum Gasteiger partial charge on any atom is 0.254 e. The molecule has 0 unspecified atom stereocenters. The van der Waals surface area contributed by atoms with E-state index in [4.69, 9.17) is 4.74 Å². The van der Waals surface area contributed by atoms with Crippen molar-refractivity contribution in [3.8, 4) is 17.0 Å². The van der Waals surface area contributed by atoms with E-state index in [1.54, 1.807) is 20.2 Å². The van der Waals surface area contributed by atoms with Crippen LogP contribution in [0.3, 0.4) is 0 Å². The fraction of sp³-hybridized carbons (Fsp3) is 0.319. The molecule has 1 saturated heterocycles. The van der Waals surface area contributed by atoms with E-state index in [0.29, 0.717) is 41.5 Å². The molecule has 0 spiro atoms. The first-order valence-electron chi connectivity index (χ1n) is 20.2. The zero-order valence-corrected chi connectivity index (χ0v) is 35.4. The molecule has 0 bridgehead atoms. The average molecular weight is 802 g/mol. The number of ether oxygens (including phenoxy) is 1. The molecule has 59 heavy (non-hydrogen) atoms. The van der Waals surface area contributed by atoms with Crippen molar-refractivity contribution >= 4 is 33.6 Å². The molecule has 2 amide bonds. The summed E-state index contributed by atoms with van der Waals surface area (Å²) in [4.78, 5) is 50.4. The van der Waals surface area contributed by atoms with Crippen molar-refractivity contribution in [3.05, 3.63) is 136 Å². The minimum absolute atomic E-state index is 0. The van der Waals surface area contributed by atoms with Crippen LogP contribution in [0, 0.1) is 27.7 Å². The molecule has 4 N–H and O–H groups in total. The third-order valence-electron chi connectivity index (χ3n) is 11.0. The van der Waals surface area contributed by atoms with Crippen molar-refractivity contribution in [1.29, 1.82) is 0 Å². The van der Waals surface area contributed by atoms with Crippen LogP contribution in [0.25, 0.3) is 33.1 Å². The smallest absolute Gasteiger partial charge is 0.254 e. The molecule has 0 radical (unpaired) electrons. The van der Waals surface area contributed by atoms with Crippen LogP contribution >= 0.6 is 0 Å². The number of methoxy groups -OCH3 is 1. The predicted octanol–water partition coefficient (Wildman–Crippen LogP) is 9.50. The SMILES string of the molecule is CC.COc1ccccc1-c1[nH]c2ccc(CNC(=O)c3cncnc3C)cc2c1C.Cc1ncncc1C(=O)NCc1ccc2[nH]c(C3CCN(C)CC3)c(C)c2c1.[HH].[HH].[HH].[HH]. The molecule has 4 aromatic heterocycles. The fourth-order valence-corrected chi connectivity index (χ4v) is 7.60. The number of hydrogen-bond acceptors (Lipinski definition) is 8. The second kappa shape index (κ2) is 19.4. The lowest BCUT2D eigenvalue weighted by Gasteiger charge is -2.28.